The smallest absolute Gasteiger partial charge is 0.224 e. The molecule has 16 heavy (non-hydrogen) atoms. The molecular weight excluding hydrogens is 202 g/mol. The van der Waals surface area contributed by atoms with E-state index in [9.17, 15) is 4.79 Å². The first kappa shape index (κ1) is 11.9. The molecule has 0 aromatic heterocycles. The third-order valence-corrected chi connectivity index (χ3v) is 3.79. The van der Waals surface area contributed by atoms with Gasteiger partial charge < -0.3 is 16.4 Å². The Labute approximate surface area is 97.3 Å². The zero-order chi connectivity index (χ0) is 11.4. The van der Waals surface area contributed by atoms with Crippen LogP contribution in [0, 0.1) is 5.92 Å². The predicted molar refractivity (Wildman–Crippen MR) is 64.0 cm³/mol. The molecule has 1 saturated heterocycles. The van der Waals surface area contributed by atoms with Crippen LogP contribution in [0.4, 0.5) is 0 Å². The van der Waals surface area contributed by atoms with Crippen LogP contribution in [0.15, 0.2) is 0 Å². The first-order valence-electron chi connectivity index (χ1n) is 6.52. The molecule has 1 amide bonds. The molecule has 1 saturated carbocycles. The van der Waals surface area contributed by atoms with Gasteiger partial charge >= 0.3 is 0 Å². The minimum atomic E-state index is 0.185. The lowest BCUT2D eigenvalue weighted by atomic mass is 9.91. The van der Waals surface area contributed by atoms with Crippen molar-refractivity contribution in [3.05, 3.63) is 0 Å². The third-order valence-electron chi connectivity index (χ3n) is 3.79. The van der Waals surface area contributed by atoms with Crippen LogP contribution in [-0.4, -0.2) is 31.1 Å². The van der Waals surface area contributed by atoms with Crippen LogP contribution in [0.5, 0.6) is 0 Å². The second kappa shape index (κ2) is 5.64. The first-order valence-corrected chi connectivity index (χ1v) is 6.52. The molecular formula is C12H23N3O. The van der Waals surface area contributed by atoms with E-state index in [1.165, 1.54) is 0 Å². The monoisotopic (exact) mass is 225 g/mol. The van der Waals surface area contributed by atoms with E-state index in [2.05, 4.69) is 10.6 Å². The highest BCUT2D eigenvalue weighted by Crippen LogP contribution is 2.18. The topological polar surface area (TPSA) is 67.1 Å². The van der Waals surface area contributed by atoms with E-state index >= 15 is 0 Å². The fourth-order valence-corrected chi connectivity index (χ4v) is 2.66. The summed E-state index contributed by atoms with van der Waals surface area (Å²) in [7, 11) is 0. The van der Waals surface area contributed by atoms with E-state index < -0.39 is 0 Å². The molecule has 4 nitrogen and oxygen atoms in total. The molecule has 1 unspecified atom stereocenters. The van der Waals surface area contributed by atoms with Crippen LogP contribution >= 0.6 is 0 Å². The highest BCUT2D eigenvalue weighted by molar-refractivity contribution is 5.79. The molecule has 4 N–H and O–H groups in total. The van der Waals surface area contributed by atoms with E-state index in [0.29, 0.717) is 12.1 Å². The summed E-state index contributed by atoms with van der Waals surface area (Å²) in [6.45, 7) is 1.90. The summed E-state index contributed by atoms with van der Waals surface area (Å²) in [5, 5.41) is 6.45. The number of hydrogen-bond acceptors (Lipinski definition) is 3. The Morgan fingerprint density at radius 1 is 1.19 bits per heavy atom. The van der Waals surface area contributed by atoms with Crippen molar-refractivity contribution in [3.8, 4) is 0 Å². The number of piperidine rings is 1. The molecule has 1 atom stereocenters. The average molecular weight is 225 g/mol. The molecule has 2 rings (SSSR count). The van der Waals surface area contributed by atoms with Gasteiger partial charge in [-0.15, -0.1) is 0 Å². The van der Waals surface area contributed by atoms with Crippen LogP contribution in [0.25, 0.3) is 0 Å². The van der Waals surface area contributed by atoms with Crippen LogP contribution in [0.3, 0.4) is 0 Å². The van der Waals surface area contributed by atoms with Gasteiger partial charge in [-0.2, -0.15) is 0 Å². The average Bonchev–Trinajstić information content (AvgIpc) is 2.33. The largest absolute Gasteiger partial charge is 0.353 e. The van der Waals surface area contributed by atoms with Crippen molar-refractivity contribution in [2.24, 2.45) is 11.7 Å². The Balaban J connectivity index is 1.73. The van der Waals surface area contributed by atoms with Crippen molar-refractivity contribution in [3.63, 3.8) is 0 Å². The Morgan fingerprint density at radius 2 is 1.94 bits per heavy atom. The summed E-state index contributed by atoms with van der Waals surface area (Å²) in [6.07, 6.45) is 6.35. The van der Waals surface area contributed by atoms with Crippen molar-refractivity contribution >= 4 is 5.91 Å². The van der Waals surface area contributed by atoms with Crippen LogP contribution in [0.2, 0.25) is 0 Å². The minimum absolute atomic E-state index is 0.185. The fraction of sp³-hybridized carbons (Fsp3) is 0.917. The second-order valence-electron chi connectivity index (χ2n) is 5.16. The Hall–Kier alpha value is -0.610. The number of nitrogens with two attached hydrogens (primary N) is 1. The van der Waals surface area contributed by atoms with Gasteiger partial charge in [-0.1, -0.05) is 0 Å². The maximum absolute atomic E-state index is 12.0. The molecule has 2 aliphatic rings. The molecule has 0 radical (unpaired) electrons. The van der Waals surface area contributed by atoms with Gasteiger partial charge in [-0.25, -0.2) is 0 Å². The van der Waals surface area contributed by atoms with Crippen LogP contribution in [-0.2, 0) is 4.79 Å². The van der Waals surface area contributed by atoms with Crippen molar-refractivity contribution in [1.82, 2.24) is 10.6 Å². The number of nitrogens with one attached hydrogen (secondary N) is 2. The lowest BCUT2D eigenvalue weighted by Crippen LogP contribution is -2.46. The zero-order valence-corrected chi connectivity index (χ0v) is 9.87. The molecule has 1 aliphatic heterocycles. The molecule has 0 aromatic carbocycles. The van der Waals surface area contributed by atoms with E-state index in [1.54, 1.807) is 0 Å². The van der Waals surface area contributed by atoms with Crippen LogP contribution in [0.1, 0.15) is 38.5 Å². The molecule has 1 heterocycles. The number of rotatable bonds is 2. The lowest BCUT2D eigenvalue weighted by Gasteiger charge is -2.29. The lowest BCUT2D eigenvalue weighted by molar-refractivity contribution is -0.126. The SMILES string of the molecule is NC1CCC(NC(=O)C2CCCNC2)CC1. The summed E-state index contributed by atoms with van der Waals surface area (Å²) in [4.78, 5) is 12.0. The van der Waals surface area contributed by atoms with Crippen molar-refractivity contribution in [2.45, 2.75) is 50.6 Å². The van der Waals surface area contributed by atoms with Gasteiger partial charge in [0.05, 0.1) is 5.92 Å². The number of amides is 1. The van der Waals surface area contributed by atoms with E-state index in [4.69, 9.17) is 5.73 Å². The van der Waals surface area contributed by atoms with Gasteiger partial charge in [0.15, 0.2) is 0 Å². The maximum Gasteiger partial charge on any atom is 0.224 e. The third kappa shape index (κ3) is 3.19. The Morgan fingerprint density at radius 3 is 2.56 bits per heavy atom. The zero-order valence-electron chi connectivity index (χ0n) is 9.87. The van der Waals surface area contributed by atoms with E-state index in [1.807, 2.05) is 0 Å². The molecule has 2 fully saturated rings. The predicted octanol–water partition coefficient (Wildman–Crippen LogP) is 0.372. The quantitative estimate of drug-likeness (QED) is 0.636. The van der Waals surface area contributed by atoms with E-state index in [0.717, 1.165) is 51.6 Å². The number of carbonyl (C=O) groups is 1. The van der Waals surface area contributed by atoms with Gasteiger partial charge in [0.1, 0.15) is 0 Å². The number of hydrogen-bond donors (Lipinski definition) is 3. The van der Waals surface area contributed by atoms with Crippen molar-refractivity contribution in [1.29, 1.82) is 0 Å². The van der Waals surface area contributed by atoms with Gasteiger partial charge in [0.2, 0.25) is 5.91 Å². The highest BCUT2D eigenvalue weighted by Gasteiger charge is 2.25. The minimum Gasteiger partial charge on any atom is -0.353 e. The van der Waals surface area contributed by atoms with Gasteiger partial charge in [0.25, 0.3) is 0 Å². The van der Waals surface area contributed by atoms with Gasteiger partial charge in [-0.3, -0.25) is 4.79 Å². The van der Waals surface area contributed by atoms with Crippen molar-refractivity contribution in [2.75, 3.05) is 13.1 Å². The number of carbonyl (C=O) groups excluding carboxylic acids is 1. The van der Waals surface area contributed by atoms with E-state index in [-0.39, 0.29) is 11.8 Å². The molecule has 4 heteroatoms. The summed E-state index contributed by atoms with van der Waals surface area (Å²) in [6, 6.07) is 0.721. The van der Waals surface area contributed by atoms with Crippen molar-refractivity contribution < 1.29 is 4.79 Å². The summed E-state index contributed by atoms with van der Waals surface area (Å²) >= 11 is 0. The molecule has 1 aliphatic carbocycles. The molecule has 0 bridgehead atoms. The summed E-state index contributed by atoms with van der Waals surface area (Å²) < 4.78 is 0. The Bertz CT molecular complexity index is 230. The molecule has 92 valence electrons. The highest BCUT2D eigenvalue weighted by atomic mass is 16.2. The summed E-state index contributed by atoms with van der Waals surface area (Å²) in [5.74, 6) is 0.428. The summed E-state index contributed by atoms with van der Waals surface area (Å²) in [5.41, 5.74) is 5.85. The van der Waals surface area contributed by atoms with Crippen LogP contribution < -0.4 is 16.4 Å². The first-order chi connectivity index (χ1) is 7.75. The van der Waals surface area contributed by atoms with Gasteiger partial charge in [0, 0.05) is 18.6 Å². The fourth-order valence-electron chi connectivity index (χ4n) is 2.66. The Kier molecular flexibility index (Phi) is 4.18. The maximum atomic E-state index is 12.0. The molecule has 0 aromatic rings. The molecule has 0 spiro atoms. The second-order valence-corrected chi connectivity index (χ2v) is 5.16. The normalized spacial score (nSPS) is 35.7. The van der Waals surface area contributed by atoms with Gasteiger partial charge in [-0.05, 0) is 45.1 Å². The standard InChI is InChI=1S/C12H23N3O/c13-10-3-5-11(6-4-10)15-12(16)9-2-1-7-14-8-9/h9-11,14H,1-8,13H2,(H,15,16).